The Bertz CT molecular complexity index is 370. The molecule has 0 aliphatic rings. The molecule has 0 spiro atoms. The lowest BCUT2D eigenvalue weighted by molar-refractivity contribution is -0.384. The minimum Gasteiger partial charge on any atom is -0.378 e. The molecule has 0 saturated heterocycles. The standard InChI is InChI=1S/C9H16N4O2/c1-6(2)4-5-12-9(10)8(13(14)15)7(3)11-12/h6H,4-5,10H2,1-3H3. The molecule has 0 radical (unpaired) electrons. The van der Waals surface area contributed by atoms with Crippen LogP contribution < -0.4 is 5.73 Å². The van der Waals surface area contributed by atoms with E-state index in [1.807, 2.05) is 0 Å². The van der Waals surface area contributed by atoms with Gasteiger partial charge in [-0.25, -0.2) is 4.68 Å². The highest BCUT2D eigenvalue weighted by atomic mass is 16.6. The summed E-state index contributed by atoms with van der Waals surface area (Å²) in [5, 5.41) is 14.7. The van der Waals surface area contributed by atoms with Gasteiger partial charge in [0.15, 0.2) is 0 Å². The summed E-state index contributed by atoms with van der Waals surface area (Å²) in [5.74, 6) is 0.672. The van der Waals surface area contributed by atoms with Crippen molar-refractivity contribution in [3.8, 4) is 0 Å². The van der Waals surface area contributed by atoms with Gasteiger partial charge in [0.2, 0.25) is 5.82 Å². The van der Waals surface area contributed by atoms with E-state index >= 15 is 0 Å². The van der Waals surface area contributed by atoms with Crippen molar-refractivity contribution in [2.45, 2.75) is 33.7 Å². The summed E-state index contributed by atoms with van der Waals surface area (Å²) in [7, 11) is 0. The molecule has 0 aliphatic carbocycles. The minimum atomic E-state index is -0.483. The average Bonchev–Trinajstić information content (AvgIpc) is 2.37. The molecule has 84 valence electrons. The van der Waals surface area contributed by atoms with E-state index in [9.17, 15) is 10.1 Å². The first-order chi connectivity index (χ1) is 6.93. The van der Waals surface area contributed by atoms with Crippen molar-refractivity contribution in [1.29, 1.82) is 0 Å². The molecule has 0 unspecified atom stereocenters. The van der Waals surface area contributed by atoms with Crippen LogP contribution >= 0.6 is 0 Å². The molecular weight excluding hydrogens is 196 g/mol. The molecule has 15 heavy (non-hydrogen) atoms. The number of hydrogen-bond donors (Lipinski definition) is 1. The second-order valence-electron chi connectivity index (χ2n) is 3.98. The van der Waals surface area contributed by atoms with Crippen LogP contribution in [0.2, 0.25) is 0 Å². The highest BCUT2D eigenvalue weighted by molar-refractivity contribution is 5.55. The Balaban J connectivity index is 2.91. The van der Waals surface area contributed by atoms with E-state index in [0.717, 1.165) is 6.42 Å². The highest BCUT2D eigenvalue weighted by Crippen LogP contribution is 2.25. The van der Waals surface area contributed by atoms with Crippen molar-refractivity contribution < 1.29 is 4.92 Å². The number of anilines is 1. The second kappa shape index (κ2) is 4.29. The van der Waals surface area contributed by atoms with Crippen LogP contribution in [0.1, 0.15) is 26.0 Å². The molecule has 1 heterocycles. The normalized spacial score (nSPS) is 10.9. The van der Waals surface area contributed by atoms with E-state index in [0.29, 0.717) is 18.2 Å². The molecule has 0 fully saturated rings. The number of nitrogens with two attached hydrogens (primary N) is 1. The number of rotatable bonds is 4. The van der Waals surface area contributed by atoms with Crippen molar-refractivity contribution >= 4 is 11.5 Å². The maximum atomic E-state index is 10.7. The van der Waals surface area contributed by atoms with Crippen molar-refractivity contribution in [2.24, 2.45) is 5.92 Å². The number of hydrogen-bond acceptors (Lipinski definition) is 4. The predicted octanol–water partition coefficient (Wildman–Crippen LogP) is 1.73. The van der Waals surface area contributed by atoms with Gasteiger partial charge in [-0.1, -0.05) is 13.8 Å². The Hall–Kier alpha value is -1.59. The third kappa shape index (κ3) is 2.45. The molecule has 6 heteroatoms. The summed E-state index contributed by atoms with van der Waals surface area (Å²) in [5.41, 5.74) is 5.96. The topological polar surface area (TPSA) is 87.0 Å². The van der Waals surface area contributed by atoms with Gasteiger partial charge in [0.1, 0.15) is 5.69 Å². The fourth-order valence-corrected chi connectivity index (χ4v) is 1.37. The van der Waals surface area contributed by atoms with E-state index in [-0.39, 0.29) is 11.5 Å². The van der Waals surface area contributed by atoms with Crippen LogP contribution in [0.3, 0.4) is 0 Å². The predicted molar refractivity (Wildman–Crippen MR) is 57.5 cm³/mol. The van der Waals surface area contributed by atoms with Crippen molar-refractivity contribution in [3.63, 3.8) is 0 Å². The molecule has 0 bridgehead atoms. The third-order valence-corrected chi connectivity index (χ3v) is 2.23. The fraction of sp³-hybridized carbons (Fsp3) is 0.667. The molecule has 6 nitrogen and oxygen atoms in total. The first kappa shape index (κ1) is 11.5. The lowest BCUT2D eigenvalue weighted by Gasteiger charge is -2.05. The van der Waals surface area contributed by atoms with Crippen LogP contribution in [0.25, 0.3) is 0 Å². The van der Waals surface area contributed by atoms with Crippen LogP contribution in [0, 0.1) is 23.0 Å². The number of nitrogen functional groups attached to an aromatic ring is 1. The lowest BCUT2D eigenvalue weighted by Crippen LogP contribution is -2.07. The molecule has 0 amide bonds. The van der Waals surface area contributed by atoms with Crippen LogP contribution in [0.15, 0.2) is 0 Å². The summed E-state index contributed by atoms with van der Waals surface area (Å²) < 4.78 is 1.51. The molecule has 1 aromatic rings. The van der Waals surface area contributed by atoms with E-state index in [1.54, 1.807) is 6.92 Å². The van der Waals surface area contributed by atoms with Gasteiger partial charge < -0.3 is 5.73 Å². The summed E-state index contributed by atoms with van der Waals surface area (Å²) in [4.78, 5) is 10.2. The fourth-order valence-electron chi connectivity index (χ4n) is 1.37. The first-order valence-electron chi connectivity index (χ1n) is 4.90. The molecule has 0 atom stereocenters. The average molecular weight is 212 g/mol. The van der Waals surface area contributed by atoms with Gasteiger partial charge in [-0.15, -0.1) is 0 Å². The van der Waals surface area contributed by atoms with E-state index in [2.05, 4.69) is 18.9 Å². The van der Waals surface area contributed by atoms with Gasteiger partial charge in [-0.2, -0.15) is 5.10 Å². The van der Waals surface area contributed by atoms with Crippen LogP contribution in [0.5, 0.6) is 0 Å². The number of nitro groups is 1. The van der Waals surface area contributed by atoms with Crippen LogP contribution in [0.4, 0.5) is 11.5 Å². The Morgan fingerprint density at radius 1 is 1.60 bits per heavy atom. The zero-order chi connectivity index (χ0) is 11.6. The van der Waals surface area contributed by atoms with Gasteiger partial charge in [0.05, 0.1) is 4.92 Å². The third-order valence-electron chi connectivity index (χ3n) is 2.23. The van der Waals surface area contributed by atoms with Gasteiger partial charge in [-0.05, 0) is 19.3 Å². The molecule has 1 rings (SSSR count). The molecule has 0 saturated carbocycles. The summed E-state index contributed by atoms with van der Waals surface area (Å²) in [6.45, 7) is 6.39. The molecule has 0 aromatic carbocycles. The minimum absolute atomic E-state index is 0.0706. The first-order valence-corrected chi connectivity index (χ1v) is 4.90. The smallest absolute Gasteiger partial charge is 0.333 e. The highest BCUT2D eigenvalue weighted by Gasteiger charge is 2.22. The maximum Gasteiger partial charge on any atom is 0.333 e. The summed E-state index contributed by atoms with van der Waals surface area (Å²) >= 11 is 0. The lowest BCUT2D eigenvalue weighted by atomic mass is 10.1. The van der Waals surface area contributed by atoms with Gasteiger partial charge >= 0.3 is 5.69 Å². The summed E-state index contributed by atoms with van der Waals surface area (Å²) in [6.07, 6.45) is 0.905. The van der Waals surface area contributed by atoms with Gasteiger partial charge in [0, 0.05) is 6.54 Å². The van der Waals surface area contributed by atoms with E-state index in [1.165, 1.54) is 4.68 Å². The van der Waals surface area contributed by atoms with E-state index in [4.69, 9.17) is 5.73 Å². The Morgan fingerprint density at radius 2 is 2.20 bits per heavy atom. The maximum absolute atomic E-state index is 10.7. The monoisotopic (exact) mass is 212 g/mol. The SMILES string of the molecule is Cc1nn(CCC(C)C)c(N)c1[N+](=O)[O-]. The molecule has 1 aromatic heterocycles. The molecule has 0 aliphatic heterocycles. The Labute approximate surface area is 88.2 Å². The quantitative estimate of drug-likeness (QED) is 0.608. The van der Waals surface area contributed by atoms with Crippen LogP contribution in [-0.2, 0) is 6.54 Å². The zero-order valence-corrected chi connectivity index (χ0v) is 9.23. The number of nitrogens with zero attached hydrogens (tertiary/aromatic N) is 3. The zero-order valence-electron chi connectivity index (χ0n) is 9.23. The Morgan fingerprint density at radius 3 is 2.60 bits per heavy atom. The number of aromatic nitrogens is 2. The van der Waals surface area contributed by atoms with Crippen LogP contribution in [-0.4, -0.2) is 14.7 Å². The molecule has 2 N–H and O–H groups in total. The van der Waals surface area contributed by atoms with Crippen molar-refractivity contribution in [3.05, 3.63) is 15.8 Å². The van der Waals surface area contributed by atoms with E-state index < -0.39 is 4.92 Å². The number of aryl methyl sites for hydroxylation is 2. The molecular formula is C9H16N4O2. The Kier molecular flexibility index (Phi) is 3.28. The van der Waals surface area contributed by atoms with Crippen molar-refractivity contribution in [2.75, 3.05) is 5.73 Å². The second-order valence-corrected chi connectivity index (χ2v) is 3.98. The largest absolute Gasteiger partial charge is 0.378 e. The summed E-state index contributed by atoms with van der Waals surface area (Å²) in [6, 6.07) is 0. The van der Waals surface area contributed by atoms with Gasteiger partial charge in [-0.3, -0.25) is 10.1 Å². The van der Waals surface area contributed by atoms with Crippen molar-refractivity contribution in [1.82, 2.24) is 9.78 Å². The van der Waals surface area contributed by atoms with Gasteiger partial charge in [0.25, 0.3) is 0 Å².